The fourth-order valence-corrected chi connectivity index (χ4v) is 1.87. The summed E-state index contributed by atoms with van der Waals surface area (Å²) in [5, 5.41) is 0. The highest BCUT2D eigenvalue weighted by Crippen LogP contribution is 2.58. The normalized spacial score (nSPS) is 24.1. The molecule has 2 rings (SSSR count). The van der Waals surface area contributed by atoms with Gasteiger partial charge in [-0.1, -0.05) is 26.0 Å². The van der Waals surface area contributed by atoms with Gasteiger partial charge in [0.15, 0.2) is 0 Å². The summed E-state index contributed by atoms with van der Waals surface area (Å²) in [6, 6.07) is 8.45. The first kappa shape index (κ1) is 8.61. The van der Waals surface area contributed by atoms with Gasteiger partial charge in [0.2, 0.25) is 0 Å². The van der Waals surface area contributed by atoms with Crippen molar-refractivity contribution >= 4 is 0 Å². The van der Waals surface area contributed by atoms with Crippen molar-refractivity contribution in [1.82, 2.24) is 0 Å². The van der Waals surface area contributed by atoms with E-state index in [4.69, 9.17) is 4.74 Å². The smallest absolute Gasteiger partial charge is 0.118 e. The summed E-state index contributed by atoms with van der Waals surface area (Å²) in [7, 11) is 1.70. The monoisotopic (exact) mass is 176 g/mol. The maximum Gasteiger partial charge on any atom is 0.118 e. The van der Waals surface area contributed by atoms with Crippen molar-refractivity contribution in [2.45, 2.75) is 26.2 Å². The number of hydrogen-bond donors (Lipinski definition) is 0. The SMILES string of the molecule is COc1ccc(C2CC2(C)C)cc1. The summed E-state index contributed by atoms with van der Waals surface area (Å²) >= 11 is 0. The topological polar surface area (TPSA) is 9.23 Å². The molecule has 1 aliphatic rings. The van der Waals surface area contributed by atoms with Gasteiger partial charge in [0.25, 0.3) is 0 Å². The van der Waals surface area contributed by atoms with E-state index in [-0.39, 0.29) is 0 Å². The van der Waals surface area contributed by atoms with Crippen LogP contribution in [0.2, 0.25) is 0 Å². The molecule has 1 saturated carbocycles. The van der Waals surface area contributed by atoms with Crippen LogP contribution in [0.15, 0.2) is 24.3 Å². The Morgan fingerprint density at radius 3 is 2.15 bits per heavy atom. The van der Waals surface area contributed by atoms with Crippen molar-refractivity contribution in [3.63, 3.8) is 0 Å². The molecule has 1 unspecified atom stereocenters. The van der Waals surface area contributed by atoms with Crippen molar-refractivity contribution in [3.05, 3.63) is 29.8 Å². The molecular weight excluding hydrogens is 160 g/mol. The van der Waals surface area contributed by atoms with Gasteiger partial charge in [0.05, 0.1) is 7.11 Å². The maximum atomic E-state index is 5.12. The average Bonchev–Trinajstić information content (AvgIpc) is 2.76. The van der Waals surface area contributed by atoms with Crippen LogP contribution in [0.3, 0.4) is 0 Å². The highest BCUT2D eigenvalue weighted by molar-refractivity contribution is 5.33. The predicted octanol–water partition coefficient (Wildman–Crippen LogP) is 3.21. The van der Waals surface area contributed by atoms with E-state index in [0.29, 0.717) is 5.41 Å². The minimum atomic E-state index is 0.522. The van der Waals surface area contributed by atoms with Gasteiger partial charge in [0.1, 0.15) is 5.75 Å². The fourth-order valence-electron chi connectivity index (χ4n) is 1.87. The third kappa shape index (κ3) is 1.55. The van der Waals surface area contributed by atoms with Crippen LogP contribution in [0.1, 0.15) is 31.7 Å². The van der Waals surface area contributed by atoms with Gasteiger partial charge in [0, 0.05) is 0 Å². The number of rotatable bonds is 2. The number of methoxy groups -OCH3 is 1. The number of ether oxygens (including phenoxy) is 1. The van der Waals surface area contributed by atoms with Crippen molar-refractivity contribution in [3.8, 4) is 5.75 Å². The Morgan fingerprint density at radius 1 is 1.23 bits per heavy atom. The van der Waals surface area contributed by atoms with Gasteiger partial charge in [-0.25, -0.2) is 0 Å². The predicted molar refractivity (Wildman–Crippen MR) is 54.1 cm³/mol. The minimum Gasteiger partial charge on any atom is -0.497 e. The van der Waals surface area contributed by atoms with Crippen LogP contribution >= 0.6 is 0 Å². The standard InChI is InChI=1S/C12H16O/c1-12(2)8-11(12)9-4-6-10(13-3)7-5-9/h4-7,11H,8H2,1-3H3. The van der Waals surface area contributed by atoms with Gasteiger partial charge < -0.3 is 4.74 Å². The van der Waals surface area contributed by atoms with Crippen molar-refractivity contribution in [2.75, 3.05) is 7.11 Å². The van der Waals surface area contributed by atoms with E-state index in [1.165, 1.54) is 12.0 Å². The Kier molecular flexibility index (Phi) is 1.83. The molecule has 1 aromatic rings. The zero-order valence-electron chi connectivity index (χ0n) is 8.50. The lowest BCUT2D eigenvalue weighted by atomic mass is 10.0. The molecule has 0 amide bonds. The van der Waals surface area contributed by atoms with Crippen LogP contribution in [-0.2, 0) is 0 Å². The second-order valence-electron chi connectivity index (χ2n) is 4.52. The van der Waals surface area contributed by atoms with Crippen LogP contribution in [0.5, 0.6) is 5.75 Å². The summed E-state index contributed by atoms with van der Waals surface area (Å²) in [5.41, 5.74) is 1.97. The molecule has 1 atom stereocenters. The van der Waals surface area contributed by atoms with Crippen LogP contribution in [0.4, 0.5) is 0 Å². The highest BCUT2D eigenvalue weighted by Gasteiger charge is 2.46. The van der Waals surface area contributed by atoms with Crippen molar-refractivity contribution in [2.24, 2.45) is 5.41 Å². The lowest BCUT2D eigenvalue weighted by Crippen LogP contribution is -1.90. The van der Waals surface area contributed by atoms with Crippen LogP contribution < -0.4 is 4.74 Å². The van der Waals surface area contributed by atoms with Crippen LogP contribution in [-0.4, -0.2) is 7.11 Å². The molecule has 0 bridgehead atoms. The summed E-state index contributed by atoms with van der Waals surface area (Å²) in [6.45, 7) is 4.64. The lowest BCUT2D eigenvalue weighted by molar-refractivity contribution is 0.414. The quantitative estimate of drug-likeness (QED) is 0.672. The molecule has 1 heteroatoms. The van der Waals surface area contributed by atoms with Gasteiger partial charge in [-0.15, -0.1) is 0 Å². The van der Waals surface area contributed by atoms with E-state index in [1.807, 2.05) is 12.1 Å². The van der Waals surface area contributed by atoms with E-state index >= 15 is 0 Å². The Hall–Kier alpha value is -0.980. The number of hydrogen-bond acceptors (Lipinski definition) is 1. The molecule has 0 saturated heterocycles. The first-order valence-corrected chi connectivity index (χ1v) is 4.77. The molecule has 0 aliphatic heterocycles. The summed E-state index contributed by atoms with van der Waals surface area (Å²) in [4.78, 5) is 0. The fraction of sp³-hybridized carbons (Fsp3) is 0.500. The Morgan fingerprint density at radius 2 is 1.77 bits per heavy atom. The largest absolute Gasteiger partial charge is 0.497 e. The molecule has 0 radical (unpaired) electrons. The maximum absolute atomic E-state index is 5.12. The third-order valence-corrected chi connectivity index (χ3v) is 3.03. The van der Waals surface area contributed by atoms with E-state index in [9.17, 15) is 0 Å². The van der Waals surface area contributed by atoms with Gasteiger partial charge in [-0.05, 0) is 35.4 Å². The van der Waals surface area contributed by atoms with E-state index in [0.717, 1.165) is 11.7 Å². The van der Waals surface area contributed by atoms with Crippen molar-refractivity contribution < 1.29 is 4.74 Å². The molecule has 1 fully saturated rings. The second kappa shape index (κ2) is 2.76. The summed E-state index contributed by atoms with van der Waals surface area (Å²) in [6.07, 6.45) is 1.32. The molecular formula is C12H16O. The Bertz CT molecular complexity index is 297. The molecule has 13 heavy (non-hydrogen) atoms. The zero-order valence-corrected chi connectivity index (χ0v) is 8.50. The molecule has 0 N–H and O–H groups in total. The van der Waals surface area contributed by atoms with Gasteiger partial charge in [-0.2, -0.15) is 0 Å². The molecule has 1 aliphatic carbocycles. The van der Waals surface area contributed by atoms with Crippen LogP contribution in [0, 0.1) is 5.41 Å². The zero-order chi connectivity index (χ0) is 9.47. The Labute approximate surface area is 79.7 Å². The van der Waals surface area contributed by atoms with Crippen molar-refractivity contribution in [1.29, 1.82) is 0 Å². The summed E-state index contributed by atoms with van der Waals surface area (Å²) in [5.74, 6) is 1.71. The minimum absolute atomic E-state index is 0.522. The summed E-state index contributed by atoms with van der Waals surface area (Å²) < 4.78 is 5.12. The molecule has 1 aromatic carbocycles. The van der Waals surface area contributed by atoms with Gasteiger partial charge in [-0.3, -0.25) is 0 Å². The first-order chi connectivity index (χ1) is 6.13. The number of benzene rings is 1. The third-order valence-electron chi connectivity index (χ3n) is 3.03. The van der Waals surface area contributed by atoms with E-state index in [2.05, 4.69) is 26.0 Å². The molecule has 1 nitrogen and oxygen atoms in total. The molecule has 0 aromatic heterocycles. The second-order valence-corrected chi connectivity index (χ2v) is 4.52. The molecule has 0 spiro atoms. The Balaban J connectivity index is 2.16. The van der Waals surface area contributed by atoms with E-state index in [1.54, 1.807) is 7.11 Å². The van der Waals surface area contributed by atoms with Crippen LogP contribution in [0.25, 0.3) is 0 Å². The highest BCUT2D eigenvalue weighted by atomic mass is 16.5. The molecule has 0 heterocycles. The average molecular weight is 176 g/mol. The van der Waals surface area contributed by atoms with E-state index < -0.39 is 0 Å². The first-order valence-electron chi connectivity index (χ1n) is 4.77. The van der Waals surface area contributed by atoms with Gasteiger partial charge >= 0.3 is 0 Å². The molecule has 70 valence electrons. The lowest BCUT2D eigenvalue weighted by Gasteiger charge is -2.04.